The predicted octanol–water partition coefficient (Wildman–Crippen LogP) is 1.64. The van der Waals surface area contributed by atoms with Crippen LogP contribution in [0.3, 0.4) is 0 Å². The van der Waals surface area contributed by atoms with Crippen molar-refractivity contribution >= 4 is 6.09 Å². The van der Waals surface area contributed by atoms with Gasteiger partial charge >= 0.3 is 6.09 Å². The number of aromatic nitrogens is 2. The second-order valence-electron chi connectivity index (χ2n) is 5.51. The summed E-state index contributed by atoms with van der Waals surface area (Å²) in [7, 11) is 3.53. The lowest BCUT2D eigenvalue weighted by atomic mass is 10.1. The molecule has 0 radical (unpaired) electrons. The standard InChI is InChI=1S/C14H24N4O2/c1-4-13(16-14(19)20-3)12-7-15-18(10-12)9-11-5-6-17(2)8-11/h7,10-11,13H,4-6,8-9H2,1-3H3,(H,16,19)/t11-,13?/m1/s1. The molecule has 0 aromatic carbocycles. The van der Waals surface area contributed by atoms with Crippen LogP contribution >= 0.6 is 0 Å². The summed E-state index contributed by atoms with van der Waals surface area (Å²) in [6, 6.07) is -0.0394. The summed E-state index contributed by atoms with van der Waals surface area (Å²) in [5, 5.41) is 7.24. The zero-order valence-electron chi connectivity index (χ0n) is 12.5. The molecule has 2 heterocycles. The van der Waals surface area contributed by atoms with E-state index < -0.39 is 6.09 Å². The van der Waals surface area contributed by atoms with Crippen molar-refractivity contribution in [2.75, 3.05) is 27.2 Å². The van der Waals surface area contributed by atoms with E-state index in [1.807, 2.05) is 24.0 Å². The SMILES string of the molecule is CCC(NC(=O)OC)c1cnn(C[C@@H]2CCN(C)C2)c1. The molecule has 1 amide bonds. The monoisotopic (exact) mass is 280 g/mol. The summed E-state index contributed by atoms with van der Waals surface area (Å²) in [4.78, 5) is 13.7. The van der Waals surface area contributed by atoms with E-state index in [0.29, 0.717) is 5.92 Å². The smallest absolute Gasteiger partial charge is 0.407 e. The summed E-state index contributed by atoms with van der Waals surface area (Å²) in [6.45, 7) is 5.27. The van der Waals surface area contributed by atoms with Gasteiger partial charge in [0.15, 0.2) is 0 Å². The maximum atomic E-state index is 11.3. The first kappa shape index (κ1) is 14.8. The van der Waals surface area contributed by atoms with E-state index >= 15 is 0 Å². The van der Waals surface area contributed by atoms with Gasteiger partial charge in [0.25, 0.3) is 0 Å². The van der Waals surface area contributed by atoms with Crippen molar-refractivity contribution in [2.24, 2.45) is 5.92 Å². The third kappa shape index (κ3) is 3.72. The Bertz CT molecular complexity index is 446. The first-order valence-corrected chi connectivity index (χ1v) is 7.17. The molecule has 20 heavy (non-hydrogen) atoms. The highest BCUT2D eigenvalue weighted by Gasteiger charge is 2.21. The molecule has 0 saturated carbocycles. The van der Waals surface area contributed by atoms with Crippen LogP contribution in [0.4, 0.5) is 4.79 Å². The second kappa shape index (κ2) is 6.74. The summed E-state index contributed by atoms with van der Waals surface area (Å²) in [5.41, 5.74) is 1.03. The fourth-order valence-electron chi connectivity index (χ4n) is 2.72. The maximum absolute atomic E-state index is 11.3. The number of carbonyl (C=O) groups is 1. The summed E-state index contributed by atoms with van der Waals surface area (Å²) < 4.78 is 6.63. The average Bonchev–Trinajstić information content (AvgIpc) is 3.05. The molecule has 1 saturated heterocycles. The third-order valence-electron chi connectivity index (χ3n) is 3.88. The van der Waals surface area contributed by atoms with Gasteiger partial charge in [-0.1, -0.05) is 6.92 Å². The van der Waals surface area contributed by atoms with Gasteiger partial charge in [0.05, 0.1) is 19.3 Å². The van der Waals surface area contributed by atoms with Gasteiger partial charge in [0.1, 0.15) is 0 Å². The molecule has 2 atom stereocenters. The van der Waals surface area contributed by atoms with Crippen molar-refractivity contribution in [3.8, 4) is 0 Å². The Hall–Kier alpha value is -1.56. The normalized spacial score (nSPS) is 20.9. The first-order chi connectivity index (χ1) is 9.62. The van der Waals surface area contributed by atoms with E-state index in [4.69, 9.17) is 0 Å². The molecule has 0 bridgehead atoms. The number of likely N-dealkylation sites (tertiary alicyclic amines) is 1. The van der Waals surface area contributed by atoms with E-state index in [1.54, 1.807) is 0 Å². The van der Waals surface area contributed by atoms with Gasteiger partial charge in [-0.25, -0.2) is 4.79 Å². The fraction of sp³-hybridized carbons (Fsp3) is 0.714. The number of methoxy groups -OCH3 is 1. The largest absolute Gasteiger partial charge is 0.453 e. The van der Waals surface area contributed by atoms with Gasteiger partial charge in [0.2, 0.25) is 0 Å². The van der Waals surface area contributed by atoms with Crippen LogP contribution in [-0.2, 0) is 11.3 Å². The molecular formula is C14H24N4O2. The first-order valence-electron chi connectivity index (χ1n) is 7.17. The number of rotatable bonds is 5. The topological polar surface area (TPSA) is 59.4 Å². The molecule has 1 aliphatic rings. The number of hydrogen-bond donors (Lipinski definition) is 1. The van der Waals surface area contributed by atoms with Gasteiger partial charge in [0, 0.05) is 24.8 Å². The minimum Gasteiger partial charge on any atom is -0.453 e. The highest BCUT2D eigenvalue weighted by Crippen LogP contribution is 2.19. The lowest BCUT2D eigenvalue weighted by molar-refractivity contribution is 0.166. The molecule has 1 unspecified atom stereocenters. The molecule has 0 aliphatic carbocycles. The number of hydrogen-bond acceptors (Lipinski definition) is 4. The van der Waals surface area contributed by atoms with E-state index in [-0.39, 0.29) is 6.04 Å². The number of alkyl carbamates (subject to hydrolysis) is 1. The van der Waals surface area contributed by atoms with Crippen LogP contribution in [0.2, 0.25) is 0 Å². The van der Waals surface area contributed by atoms with E-state index in [9.17, 15) is 4.79 Å². The number of carbonyl (C=O) groups excluding carboxylic acids is 1. The maximum Gasteiger partial charge on any atom is 0.407 e. The minimum absolute atomic E-state index is 0.0394. The highest BCUT2D eigenvalue weighted by molar-refractivity contribution is 5.67. The zero-order chi connectivity index (χ0) is 14.5. The van der Waals surface area contributed by atoms with Crippen molar-refractivity contribution in [1.29, 1.82) is 0 Å². The zero-order valence-corrected chi connectivity index (χ0v) is 12.5. The number of ether oxygens (including phenoxy) is 1. The molecule has 6 heteroatoms. The Morgan fingerprint density at radius 3 is 3.05 bits per heavy atom. The Kier molecular flexibility index (Phi) is 5.00. The molecule has 112 valence electrons. The van der Waals surface area contributed by atoms with Crippen LogP contribution in [0.25, 0.3) is 0 Å². The minimum atomic E-state index is -0.401. The van der Waals surface area contributed by atoms with Crippen LogP contribution in [0.1, 0.15) is 31.4 Å². The van der Waals surface area contributed by atoms with Crippen LogP contribution in [0, 0.1) is 5.92 Å². The summed E-state index contributed by atoms with van der Waals surface area (Å²) in [6.07, 6.45) is 5.50. The van der Waals surface area contributed by atoms with Crippen molar-refractivity contribution < 1.29 is 9.53 Å². The van der Waals surface area contributed by atoms with Crippen molar-refractivity contribution in [3.63, 3.8) is 0 Å². The fourth-order valence-corrected chi connectivity index (χ4v) is 2.72. The summed E-state index contributed by atoms with van der Waals surface area (Å²) in [5.74, 6) is 0.668. The van der Waals surface area contributed by atoms with E-state index in [1.165, 1.54) is 20.1 Å². The van der Waals surface area contributed by atoms with E-state index in [2.05, 4.69) is 27.1 Å². The number of nitrogens with zero attached hydrogens (tertiary/aromatic N) is 3. The molecule has 1 N–H and O–H groups in total. The second-order valence-corrected chi connectivity index (χ2v) is 5.51. The Balaban J connectivity index is 1.94. The number of nitrogens with one attached hydrogen (secondary N) is 1. The molecule has 1 aliphatic heterocycles. The highest BCUT2D eigenvalue weighted by atomic mass is 16.5. The molecule has 1 aromatic heterocycles. The Morgan fingerprint density at radius 1 is 1.65 bits per heavy atom. The lowest BCUT2D eigenvalue weighted by Gasteiger charge is -2.14. The average molecular weight is 280 g/mol. The van der Waals surface area contributed by atoms with Crippen LogP contribution < -0.4 is 5.32 Å². The van der Waals surface area contributed by atoms with Gasteiger partial charge in [-0.3, -0.25) is 4.68 Å². The van der Waals surface area contributed by atoms with E-state index in [0.717, 1.165) is 25.1 Å². The summed E-state index contributed by atoms with van der Waals surface area (Å²) >= 11 is 0. The third-order valence-corrected chi connectivity index (χ3v) is 3.88. The molecule has 1 aromatic rings. The Labute approximate surface area is 120 Å². The van der Waals surface area contributed by atoms with Crippen molar-refractivity contribution in [1.82, 2.24) is 20.0 Å². The van der Waals surface area contributed by atoms with Gasteiger partial charge in [-0.05, 0) is 32.4 Å². The quantitative estimate of drug-likeness (QED) is 0.891. The van der Waals surface area contributed by atoms with Gasteiger partial charge < -0.3 is 15.0 Å². The lowest BCUT2D eigenvalue weighted by Crippen LogP contribution is -2.27. The molecule has 2 rings (SSSR count). The van der Waals surface area contributed by atoms with Crippen LogP contribution in [0.5, 0.6) is 0 Å². The van der Waals surface area contributed by atoms with Crippen LogP contribution in [-0.4, -0.2) is 48.0 Å². The predicted molar refractivity (Wildman–Crippen MR) is 76.4 cm³/mol. The molecular weight excluding hydrogens is 256 g/mol. The molecule has 1 fully saturated rings. The Morgan fingerprint density at radius 2 is 2.45 bits per heavy atom. The molecule has 0 spiro atoms. The van der Waals surface area contributed by atoms with Gasteiger partial charge in [-0.2, -0.15) is 5.10 Å². The van der Waals surface area contributed by atoms with Crippen molar-refractivity contribution in [2.45, 2.75) is 32.4 Å². The number of amides is 1. The van der Waals surface area contributed by atoms with Gasteiger partial charge in [-0.15, -0.1) is 0 Å². The molecule has 6 nitrogen and oxygen atoms in total. The van der Waals surface area contributed by atoms with Crippen molar-refractivity contribution in [3.05, 3.63) is 18.0 Å². The van der Waals surface area contributed by atoms with Crippen LogP contribution in [0.15, 0.2) is 12.4 Å².